The number of hydrogen-bond acceptors (Lipinski definition) is 6. The molecule has 2 heterocycles. The fourth-order valence-corrected chi connectivity index (χ4v) is 3.37. The fraction of sp³-hybridized carbons (Fsp3) is 0.600. The number of aromatic amines is 1. The van der Waals surface area contributed by atoms with Gasteiger partial charge >= 0.3 is 11.4 Å². The molecule has 0 bridgehead atoms. The van der Waals surface area contributed by atoms with Crippen molar-refractivity contribution in [3.05, 3.63) is 53.4 Å². The van der Waals surface area contributed by atoms with Crippen molar-refractivity contribution in [2.75, 3.05) is 17.2 Å². The molecule has 0 atom stereocenters. The highest BCUT2D eigenvalue weighted by atomic mass is 16.2. The zero-order chi connectivity index (χ0) is 22.4. The molecule has 2 aromatic rings. The summed E-state index contributed by atoms with van der Waals surface area (Å²) in [5, 5.41) is 0. The van der Waals surface area contributed by atoms with Crippen molar-refractivity contribution in [2.24, 2.45) is 14.1 Å². The van der Waals surface area contributed by atoms with Gasteiger partial charge in [0, 0.05) is 38.9 Å². The van der Waals surface area contributed by atoms with E-state index in [0.717, 1.165) is 36.7 Å². The molecule has 0 saturated heterocycles. The minimum absolute atomic E-state index is 0.0996. The topological polar surface area (TPSA) is 128 Å². The Kier molecular flexibility index (Phi) is 7.85. The first-order chi connectivity index (χ1) is 14.2. The van der Waals surface area contributed by atoms with Crippen molar-refractivity contribution in [3.8, 4) is 0 Å². The predicted molar refractivity (Wildman–Crippen MR) is 118 cm³/mol. The maximum absolute atomic E-state index is 12.7. The Morgan fingerprint density at radius 2 is 1.67 bits per heavy atom. The maximum Gasteiger partial charge on any atom is 0.330 e. The minimum atomic E-state index is -0.574. The summed E-state index contributed by atoms with van der Waals surface area (Å²) in [6.07, 6.45) is 4.34. The quantitative estimate of drug-likeness (QED) is 0.539. The molecular weight excluding hydrogens is 388 g/mol. The van der Waals surface area contributed by atoms with Crippen LogP contribution in [-0.4, -0.2) is 25.2 Å². The van der Waals surface area contributed by atoms with Gasteiger partial charge in [0.25, 0.3) is 11.1 Å². The molecule has 10 nitrogen and oxygen atoms in total. The number of H-pyrrole nitrogens is 1. The highest BCUT2D eigenvalue weighted by molar-refractivity contribution is 5.62. The number of hydrogen-bond donors (Lipinski definition) is 2. The van der Waals surface area contributed by atoms with Crippen LogP contribution in [0.15, 0.2) is 25.2 Å². The van der Waals surface area contributed by atoms with Gasteiger partial charge < -0.3 is 10.6 Å². The lowest BCUT2D eigenvalue weighted by Crippen LogP contribution is -2.42. The second-order valence-corrected chi connectivity index (χ2v) is 7.50. The Hall–Kier alpha value is -3.04. The second kappa shape index (κ2) is 10.1. The molecule has 30 heavy (non-hydrogen) atoms. The van der Waals surface area contributed by atoms with E-state index in [1.54, 1.807) is 11.9 Å². The molecule has 0 aromatic carbocycles. The SMILES string of the molecule is CCCCCN(Cc1cc(=O)n(C)c(=O)n1C)c1c(N)n(CCCC)c(=O)[nH]c1=O. The van der Waals surface area contributed by atoms with E-state index in [1.807, 2.05) is 6.92 Å². The zero-order valence-corrected chi connectivity index (χ0v) is 18.2. The first-order valence-electron chi connectivity index (χ1n) is 10.4. The summed E-state index contributed by atoms with van der Waals surface area (Å²) in [4.78, 5) is 53.5. The number of aromatic nitrogens is 4. The fourth-order valence-electron chi connectivity index (χ4n) is 3.37. The van der Waals surface area contributed by atoms with Gasteiger partial charge in [0.05, 0.1) is 6.54 Å². The summed E-state index contributed by atoms with van der Waals surface area (Å²) < 4.78 is 3.78. The molecule has 0 fully saturated rings. The number of rotatable bonds is 10. The van der Waals surface area contributed by atoms with E-state index < -0.39 is 22.5 Å². The molecule has 0 amide bonds. The summed E-state index contributed by atoms with van der Waals surface area (Å²) in [6, 6.07) is 1.38. The van der Waals surface area contributed by atoms with Crippen LogP contribution in [0.5, 0.6) is 0 Å². The van der Waals surface area contributed by atoms with E-state index in [0.29, 0.717) is 18.8 Å². The third-order valence-electron chi connectivity index (χ3n) is 5.28. The minimum Gasteiger partial charge on any atom is -0.383 e. The standard InChI is InChI=1S/C20H32N6O4/c1-5-7-9-10-25(13-14-12-15(27)24(4)20(30)23(14)3)16-17(21)26(11-8-6-2)19(29)22-18(16)28/h12H,5-11,13,21H2,1-4H3,(H,22,28,29). The summed E-state index contributed by atoms with van der Waals surface area (Å²) in [5.41, 5.74) is 4.95. The van der Waals surface area contributed by atoms with Crippen molar-refractivity contribution in [2.45, 2.75) is 59.0 Å². The number of nitrogens with one attached hydrogen (secondary N) is 1. The molecule has 3 N–H and O–H groups in total. The van der Waals surface area contributed by atoms with Gasteiger partial charge in [-0.25, -0.2) is 9.59 Å². The molecule has 10 heteroatoms. The summed E-state index contributed by atoms with van der Waals surface area (Å²) in [5.74, 6) is 0.0996. The Balaban J connectivity index is 2.58. The van der Waals surface area contributed by atoms with Gasteiger partial charge in [0.2, 0.25) is 0 Å². The van der Waals surface area contributed by atoms with Crippen LogP contribution in [0.25, 0.3) is 0 Å². The maximum atomic E-state index is 12.7. The van der Waals surface area contributed by atoms with Gasteiger partial charge in [0.15, 0.2) is 0 Å². The predicted octanol–water partition coefficient (Wildman–Crippen LogP) is 0.513. The molecule has 0 spiro atoms. The molecule has 2 rings (SSSR count). The summed E-state index contributed by atoms with van der Waals surface area (Å²) in [7, 11) is 3.00. The Bertz CT molecular complexity index is 1110. The van der Waals surface area contributed by atoms with Crippen LogP contribution in [0, 0.1) is 0 Å². The normalized spacial score (nSPS) is 11.1. The molecular formula is C20H32N6O4. The van der Waals surface area contributed by atoms with Gasteiger partial charge in [-0.15, -0.1) is 0 Å². The van der Waals surface area contributed by atoms with Crippen molar-refractivity contribution in [1.82, 2.24) is 18.7 Å². The second-order valence-electron chi connectivity index (χ2n) is 7.50. The van der Waals surface area contributed by atoms with Crippen molar-refractivity contribution in [1.29, 1.82) is 0 Å². The third kappa shape index (κ3) is 4.92. The van der Waals surface area contributed by atoms with E-state index in [4.69, 9.17) is 5.73 Å². The van der Waals surface area contributed by atoms with E-state index in [-0.39, 0.29) is 18.1 Å². The lowest BCUT2D eigenvalue weighted by Gasteiger charge is -2.27. The van der Waals surface area contributed by atoms with Crippen molar-refractivity contribution >= 4 is 11.5 Å². The van der Waals surface area contributed by atoms with Gasteiger partial charge in [-0.2, -0.15) is 0 Å². The largest absolute Gasteiger partial charge is 0.383 e. The molecule has 0 saturated carbocycles. The Morgan fingerprint density at radius 3 is 2.30 bits per heavy atom. The number of nitrogens with two attached hydrogens (primary N) is 1. The van der Waals surface area contributed by atoms with Gasteiger partial charge in [0.1, 0.15) is 11.5 Å². The average Bonchev–Trinajstić information content (AvgIpc) is 2.70. The van der Waals surface area contributed by atoms with Gasteiger partial charge in [-0.1, -0.05) is 33.1 Å². The van der Waals surface area contributed by atoms with Crippen LogP contribution >= 0.6 is 0 Å². The van der Waals surface area contributed by atoms with E-state index in [9.17, 15) is 19.2 Å². The Morgan fingerprint density at radius 1 is 1.00 bits per heavy atom. The van der Waals surface area contributed by atoms with Crippen molar-refractivity contribution in [3.63, 3.8) is 0 Å². The molecule has 0 aliphatic heterocycles. The van der Waals surface area contributed by atoms with Gasteiger partial charge in [-0.05, 0) is 12.8 Å². The number of nitrogens with zero attached hydrogens (tertiary/aromatic N) is 4. The highest BCUT2D eigenvalue weighted by Gasteiger charge is 2.20. The number of anilines is 2. The van der Waals surface area contributed by atoms with Crippen LogP contribution in [0.2, 0.25) is 0 Å². The van der Waals surface area contributed by atoms with E-state index in [2.05, 4.69) is 11.9 Å². The molecule has 2 aromatic heterocycles. The Labute approximate surface area is 174 Å². The molecule has 0 unspecified atom stereocenters. The zero-order valence-electron chi connectivity index (χ0n) is 18.2. The van der Waals surface area contributed by atoms with E-state index in [1.165, 1.54) is 22.2 Å². The smallest absolute Gasteiger partial charge is 0.330 e. The summed E-state index contributed by atoms with van der Waals surface area (Å²) in [6.45, 7) is 5.11. The lowest BCUT2D eigenvalue weighted by atomic mass is 10.2. The number of unbranched alkanes of at least 4 members (excludes halogenated alkanes) is 3. The van der Waals surface area contributed by atoms with Gasteiger partial charge in [-0.3, -0.25) is 28.3 Å². The monoisotopic (exact) mass is 420 g/mol. The average molecular weight is 421 g/mol. The first-order valence-corrected chi connectivity index (χ1v) is 10.4. The van der Waals surface area contributed by atoms with Crippen LogP contribution in [0.1, 0.15) is 51.6 Å². The molecule has 0 radical (unpaired) electrons. The molecule has 0 aliphatic rings. The van der Waals surface area contributed by atoms with E-state index >= 15 is 0 Å². The van der Waals surface area contributed by atoms with Crippen LogP contribution in [0.3, 0.4) is 0 Å². The molecule has 0 aliphatic carbocycles. The molecule has 166 valence electrons. The highest BCUT2D eigenvalue weighted by Crippen LogP contribution is 2.20. The van der Waals surface area contributed by atoms with Crippen LogP contribution in [-0.2, 0) is 27.2 Å². The van der Waals surface area contributed by atoms with Crippen molar-refractivity contribution < 1.29 is 0 Å². The van der Waals surface area contributed by atoms with Crippen LogP contribution in [0.4, 0.5) is 11.5 Å². The lowest BCUT2D eigenvalue weighted by molar-refractivity contribution is 0.593. The van der Waals surface area contributed by atoms with Crippen LogP contribution < -0.4 is 33.1 Å². The third-order valence-corrected chi connectivity index (χ3v) is 5.28. The first kappa shape index (κ1) is 23.2. The summed E-state index contributed by atoms with van der Waals surface area (Å²) >= 11 is 0. The number of nitrogen functional groups attached to an aromatic ring is 1.